The normalized spacial score (nSPS) is 19.6. The third-order valence-electron chi connectivity index (χ3n) is 3.78. The van der Waals surface area contributed by atoms with Gasteiger partial charge in [0.25, 0.3) is 5.91 Å². The molecule has 0 bridgehead atoms. The van der Waals surface area contributed by atoms with Crippen molar-refractivity contribution >= 4 is 17.9 Å². The highest BCUT2D eigenvalue weighted by Gasteiger charge is 2.49. The highest BCUT2D eigenvalue weighted by Crippen LogP contribution is 2.30. The summed E-state index contributed by atoms with van der Waals surface area (Å²) in [6.07, 6.45) is 0. The van der Waals surface area contributed by atoms with Crippen molar-refractivity contribution in [2.24, 2.45) is 0 Å². The van der Waals surface area contributed by atoms with Gasteiger partial charge in [0.05, 0.1) is 6.61 Å². The second-order valence-corrected chi connectivity index (χ2v) is 6.02. The van der Waals surface area contributed by atoms with Gasteiger partial charge in [0.15, 0.2) is 0 Å². The van der Waals surface area contributed by atoms with E-state index in [9.17, 15) is 14.4 Å². The van der Waals surface area contributed by atoms with Crippen LogP contribution in [0.25, 0.3) is 0 Å². The van der Waals surface area contributed by atoms with Crippen LogP contribution in [-0.2, 0) is 19.9 Å². The van der Waals surface area contributed by atoms with Gasteiger partial charge in [-0.25, -0.2) is 4.79 Å². The van der Waals surface area contributed by atoms with Crippen molar-refractivity contribution in [2.45, 2.75) is 26.3 Å². The fourth-order valence-corrected chi connectivity index (χ4v) is 2.46. The summed E-state index contributed by atoms with van der Waals surface area (Å²) in [6.45, 7) is 9.06. The van der Waals surface area contributed by atoms with Crippen LogP contribution >= 0.6 is 0 Å². The Hall–Kier alpha value is -2.83. The molecule has 1 aliphatic rings. The molecule has 2 rings (SSSR count). The molecular weight excluding hydrogens is 324 g/mol. The van der Waals surface area contributed by atoms with Crippen LogP contribution in [0.2, 0.25) is 0 Å². The van der Waals surface area contributed by atoms with Crippen molar-refractivity contribution in [3.63, 3.8) is 0 Å². The Kier molecular flexibility index (Phi) is 5.46. The van der Waals surface area contributed by atoms with E-state index in [1.165, 1.54) is 0 Å². The summed E-state index contributed by atoms with van der Waals surface area (Å²) >= 11 is 0. The smallest absolute Gasteiger partial charge is 0.326 e. The summed E-state index contributed by atoms with van der Waals surface area (Å²) in [5.74, 6) is -0.490. The van der Waals surface area contributed by atoms with Gasteiger partial charge < -0.3 is 14.8 Å². The van der Waals surface area contributed by atoms with Crippen molar-refractivity contribution in [1.82, 2.24) is 10.2 Å². The lowest BCUT2D eigenvalue weighted by molar-refractivity contribution is -0.147. The van der Waals surface area contributed by atoms with Crippen LogP contribution in [0.3, 0.4) is 0 Å². The lowest BCUT2D eigenvalue weighted by Crippen LogP contribution is -2.41. The van der Waals surface area contributed by atoms with E-state index < -0.39 is 30.0 Å². The Morgan fingerprint density at radius 3 is 2.48 bits per heavy atom. The molecule has 0 saturated carbocycles. The van der Waals surface area contributed by atoms with Gasteiger partial charge in [0, 0.05) is 0 Å². The van der Waals surface area contributed by atoms with Gasteiger partial charge in [-0.3, -0.25) is 14.5 Å². The van der Waals surface area contributed by atoms with Crippen LogP contribution in [-0.4, -0.2) is 42.6 Å². The van der Waals surface area contributed by atoms with Crippen LogP contribution in [0, 0.1) is 0 Å². The third kappa shape index (κ3) is 3.99. The zero-order chi connectivity index (χ0) is 18.6. The van der Waals surface area contributed by atoms with Crippen molar-refractivity contribution < 1.29 is 23.9 Å². The lowest BCUT2D eigenvalue weighted by Gasteiger charge is -2.22. The number of esters is 1. The molecule has 0 radical (unpaired) electrons. The Morgan fingerprint density at radius 1 is 1.28 bits per heavy atom. The molecule has 1 saturated heterocycles. The molecule has 7 nitrogen and oxygen atoms in total. The number of urea groups is 1. The van der Waals surface area contributed by atoms with Gasteiger partial charge in [-0.2, -0.15) is 0 Å². The summed E-state index contributed by atoms with van der Waals surface area (Å²) in [6, 6.07) is 6.23. The summed E-state index contributed by atoms with van der Waals surface area (Å²) in [5.41, 5.74) is 0.250. The minimum atomic E-state index is -1.24. The van der Waals surface area contributed by atoms with Gasteiger partial charge in [-0.1, -0.05) is 18.7 Å². The molecule has 0 aliphatic carbocycles. The SMILES string of the molecule is C=C(C)COc1ccc([C@@]2(C)NC(=O)N(CC(=O)OCC)C2=O)cc1. The number of benzene rings is 1. The third-order valence-corrected chi connectivity index (χ3v) is 3.78. The molecule has 1 aliphatic heterocycles. The first kappa shape index (κ1) is 18.5. The summed E-state index contributed by atoms with van der Waals surface area (Å²) in [7, 11) is 0. The highest BCUT2D eigenvalue weighted by molar-refractivity contribution is 6.08. The summed E-state index contributed by atoms with van der Waals surface area (Å²) < 4.78 is 10.3. The number of amides is 3. The number of rotatable bonds is 7. The first-order valence-corrected chi connectivity index (χ1v) is 7.95. The molecular formula is C18H22N2O5. The number of nitrogens with zero attached hydrogens (tertiary/aromatic N) is 1. The molecule has 1 aromatic carbocycles. The number of hydrogen-bond acceptors (Lipinski definition) is 5. The minimum absolute atomic E-state index is 0.186. The van der Waals surface area contributed by atoms with E-state index in [1.807, 2.05) is 6.92 Å². The fourth-order valence-electron chi connectivity index (χ4n) is 2.46. The largest absolute Gasteiger partial charge is 0.489 e. The number of carbonyl (C=O) groups excluding carboxylic acids is 3. The van der Waals surface area contributed by atoms with Crippen molar-refractivity contribution in [3.05, 3.63) is 42.0 Å². The monoisotopic (exact) mass is 346 g/mol. The summed E-state index contributed by atoms with van der Waals surface area (Å²) in [5, 5.41) is 2.64. The van der Waals surface area contributed by atoms with E-state index >= 15 is 0 Å². The first-order valence-electron chi connectivity index (χ1n) is 7.95. The molecule has 0 unspecified atom stereocenters. The fraction of sp³-hybridized carbons (Fsp3) is 0.389. The molecule has 0 aromatic heterocycles. The molecule has 0 spiro atoms. The minimum Gasteiger partial charge on any atom is -0.489 e. The van der Waals surface area contributed by atoms with E-state index in [4.69, 9.17) is 9.47 Å². The molecule has 1 N–H and O–H groups in total. The number of nitrogens with one attached hydrogen (secondary N) is 1. The average molecular weight is 346 g/mol. The predicted octanol–water partition coefficient (Wildman–Crippen LogP) is 1.97. The van der Waals surface area contributed by atoms with Gasteiger partial charge in [0.1, 0.15) is 24.4 Å². The van der Waals surface area contributed by atoms with Crippen LogP contribution in [0.15, 0.2) is 36.4 Å². The molecule has 134 valence electrons. The Bertz CT molecular complexity index is 698. The number of carbonyl (C=O) groups is 3. The molecule has 25 heavy (non-hydrogen) atoms. The van der Waals surface area contributed by atoms with Crippen molar-refractivity contribution in [3.8, 4) is 5.75 Å². The molecule has 7 heteroatoms. The van der Waals surface area contributed by atoms with Crippen molar-refractivity contribution in [2.75, 3.05) is 19.8 Å². The molecule has 1 atom stereocenters. The predicted molar refractivity (Wildman–Crippen MR) is 91.0 cm³/mol. The van der Waals surface area contributed by atoms with Gasteiger partial charge >= 0.3 is 12.0 Å². The average Bonchev–Trinajstić information content (AvgIpc) is 2.78. The highest BCUT2D eigenvalue weighted by atomic mass is 16.5. The molecule has 1 heterocycles. The Balaban J connectivity index is 2.15. The standard InChI is InChI=1S/C18H22N2O5/c1-5-24-15(21)10-20-16(22)18(4,19-17(20)23)13-6-8-14(9-7-13)25-11-12(2)3/h6-9H,2,5,10-11H2,1,3-4H3,(H,19,23)/t18-/m1/s1. The second kappa shape index (κ2) is 7.38. The second-order valence-electron chi connectivity index (χ2n) is 6.02. The summed E-state index contributed by atoms with van der Waals surface area (Å²) in [4.78, 5) is 37.2. The topological polar surface area (TPSA) is 84.9 Å². The van der Waals surface area contributed by atoms with Crippen LogP contribution in [0.5, 0.6) is 5.75 Å². The number of ether oxygens (including phenoxy) is 2. The van der Waals surface area contributed by atoms with E-state index in [0.29, 0.717) is 17.9 Å². The number of imide groups is 1. The zero-order valence-electron chi connectivity index (χ0n) is 14.6. The van der Waals surface area contributed by atoms with Crippen LogP contribution in [0.1, 0.15) is 26.3 Å². The molecule has 1 fully saturated rings. The zero-order valence-corrected chi connectivity index (χ0v) is 14.6. The van der Waals surface area contributed by atoms with Gasteiger partial charge in [-0.15, -0.1) is 0 Å². The molecule has 3 amide bonds. The van der Waals surface area contributed by atoms with Gasteiger partial charge in [0.2, 0.25) is 0 Å². The van der Waals surface area contributed by atoms with E-state index in [2.05, 4.69) is 11.9 Å². The van der Waals surface area contributed by atoms with Crippen LogP contribution < -0.4 is 10.1 Å². The maximum absolute atomic E-state index is 12.7. The van der Waals surface area contributed by atoms with Gasteiger partial charge in [-0.05, 0) is 44.0 Å². The maximum Gasteiger partial charge on any atom is 0.326 e. The van der Waals surface area contributed by atoms with Crippen molar-refractivity contribution in [1.29, 1.82) is 0 Å². The van der Waals surface area contributed by atoms with E-state index in [1.54, 1.807) is 38.1 Å². The lowest BCUT2D eigenvalue weighted by atomic mass is 9.92. The van der Waals surface area contributed by atoms with E-state index in [0.717, 1.165) is 10.5 Å². The first-order chi connectivity index (χ1) is 11.8. The Morgan fingerprint density at radius 2 is 1.92 bits per heavy atom. The maximum atomic E-state index is 12.7. The quantitative estimate of drug-likeness (QED) is 0.463. The Labute approximate surface area is 146 Å². The molecule has 1 aromatic rings. The van der Waals surface area contributed by atoms with Crippen LogP contribution in [0.4, 0.5) is 4.79 Å². The number of hydrogen-bond donors (Lipinski definition) is 1. The van der Waals surface area contributed by atoms with E-state index in [-0.39, 0.29) is 6.61 Å².